The largest absolute Gasteiger partial charge is 0.299 e. The summed E-state index contributed by atoms with van der Waals surface area (Å²) in [5.74, 6) is 1.63. The second-order valence-electron chi connectivity index (χ2n) is 9.51. The van der Waals surface area contributed by atoms with Gasteiger partial charge in [0.05, 0.1) is 4.92 Å². The lowest BCUT2D eigenvalue weighted by atomic mass is 9.86. The molecule has 0 N–H and O–H groups in total. The number of benzene rings is 2. The fraction of sp³-hybridized carbons (Fsp3) is 0.440. The van der Waals surface area contributed by atoms with Gasteiger partial charge in [-0.05, 0) is 29.4 Å². The first-order valence-corrected chi connectivity index (χ1v) is 12.2. The van der Waals surface area contributed by atoms with Crippen molar-refractivity contribution in [2.45, 2.75) is 75.2 Å². The summed E-state index contributed by atoms with van der Waals surface area (Å²) in [7, 11) is 0. The Kier molecular flexibility index (Phi) is 6.65. The SMILES string of the molecule is CC(C)(C)c1ccc(-c2nnc(SCc3ccc([N+](=O)[O-])cc3)n2C2CCCCC2)cc1. The summed E-state index contributed by atoms with van der Waals surface area (Å²) < 4.78 is 2.33. The van der Waals surface area contributed by atoms with Gasteiger partial charge in [-0.1, -0.05) is 88.2 Å². The molecule has 1 aliphatic carbocycles. The lowest BCUT2D eigenvalue weighted by molar-refractivity contribution is -0.384. The van der Waals surface area contributed by atoms with Gasteiger partial charge < -0.3 is 0 Å². The van der Waals surface area contributed by atoms with Gasteiger partial charge in [-0.3, -0.25) is 14.7 Å². The number of hydrogen-bond acceptors (Lipinski definition) is 5. The number of nitro benzene ring substituents is 1. The molecule has 1 aromatic heterocycles. The maximum atomic E-state index is 10.9. The second kappa shape index (κ2) is 9.45. The molecule has 1 aliphatic rings. The van der Waals surface area contributed by atoms with E-state index in [0.717, 1.165) is 34.9 Å². The van der Waals surface area contributed by atoms with Crippen LogP contribution >= 0.6 is 11.8 Å². The topological polar surface area (TPSA) is 73.8 Å². The Morgan fingerprint density at radius 2 is 1.66 bits per heavy atom. The van der Waals surface area contributed by atoms with E-state index in [1.807, 2.05) is 12.1 Å². The van der Waals surface area contributed by atoms with Crippen LogP contribution in [0, 0.1) is 10.1 Å². The van der Waals surface area contributed by atoms with Crippen LogP contribution in [-0.2, 0) is 11.2 Å². The quantitative estimate of drug-likeness (QED) is 0.231. The Balaban J connectivity index is 1.61. The minimum atomic E-state index is -0.367. The Morgan fingerprint density at radius 1 is 1.00 bits per heavy atom. The molecule has 3 aromatic rings. The zero-order chi connectivity index (χ0) is 22.7. The lowest BCUT2D eigenvalue weighted by Crippen LogP contribution is -2.15. The van der Waals surface area contributed by atoms with Crippen molar-refractivity contribution in [3.05, 3.63) is 69.8 Å². The molecule has 0 amide bonds. The van der Waals surface area contributed by atoms with Crippen molar-refractivity contribution in [3.63, 3.8) is 0 Å². The zero-order valence-corrected chi connectivity index (χ0v) is 19.8. The lowest BCUT2D eigenvalue weighted by Gasteiger charge is -2.26. The second-order valence-corrected chi connectivity index (χ2v) is 10.5. The number of nitro groups is 1. The first-order chi connectivity index (χ1) is 15.3. The molecule has 168 valence electrons. The van der Waals surface area contributed by atoms with Gasteiger partial charge in [0.1, 0.15) is 0 Å². The monoisotopic (exact) mass is 450 g/mol. The van der Waals surface area contributed by atoms with E-state index < -0.39 is 0 Å². The van der Waals surface area contributed by atoms with E-state index >= 15 is 0 Å². The van der Waals surface area contributed by atoms with Gasteiger partial charge in [0.25, 0.3) is 5.69 Å². The van der Waals surface area contributed by atoms with Crippen LogP contribution in [0.25, 0.3) is 11.4 Å². The van der Waals surface area contributed by atoms with Crippen molar-refractivity contribution in [2.75, 3.05) is 0 Å². The van der Waals surface area contributed by atoms with Crippen LogP contribution < -0.4 is 0 Å². The van der Waals surface area contributed by atoms with Gasteiger partial charge in [-0.15, -0.1) is 10.2 Å². The molecule has 0 saturated heterocycles. The molecule has 0 unspecified atom stereocenters. The molecule has 0 bridgehead atoms. The normalized spacial score (nSPS) is 15.1. The standard InChI is InChI=1S/C25H30N4O2S/c1-25(2,3)20-13-11-19(12-14-20)23-26-27-24(28(23)21-7-5-4-6-8-21)32-17-18-9-15-22(16-10-18)29(30)31/h9-16,21H,4-8,17H2,1-3H3. The molecule has 0 aliphatic heterocycles. The summed E-state index contributed by atoms with van der Waals surface area (Å²) in [5, 5.41) is 21.0. The third-order valence-electron chi connectivity index (χ3n) is 6.13. The number of rotatable bonds is 6. The predicted octanol–water partition coefficient (Wildman–Crippen LogP) is 6.95. The van der Waals surface area contributed by atoms with Gasteiger partial charge >= 0.3 is 0 Å². The summed E-state index contributed by atoms with van der Waals surface area (Å²) in [6.07, 6.45) is 6.06. The van der Waals surface area contributed by atoms with Crippen molar-refractivity contribution in [3.8, 4) is 11.4 Å². The minimum absolute atomic E-state index is 0.112. The van der Waals surface area contributed by atoms with Crippen molar-refractivity contribution in [1.82, 2.24) is 14.8 Å². The van der Waals surface area contributed by atoms with Gasteiger partial charge in [0.15, 0.2) is 11.0 Å². The highest BCUT2D eigenvalue weighted by atomic mass is 32.2. The summed E-state index contributed by atoms with van der Waals surface area (Å²) in [6, 6.07) is 15.9. The minimum Gasteiger partial charge on any atom is -0.299 e. The Bertz CT molecular complexity index is 1060. The molecule has 6 nitrogen and oxygen atoms in total. The summed E-state index contributed by atoms with van der Waals surface area (Å²) in [6.45, 7) is 6.67. The fourth-order valence-corrected chi connectivity index (χ4v) is 5.18. The Morgan fingerprint density at radius 3 is 2.25 bits per heavy atom. The molecule has 0 spiro atoms. The smallest absolute Gasteiger partial charge is 0.269 e. The maximum absolute atomic E-state index is 10.9. The van der Waals surface area contributed by atoms with E-state index in [0.29, 0.717) is 11.8 Å². The number of nitrogens with zero attached hydrogens (tertiary/aromatic N) is 4. The van der Waals surface area contributed by atoms with Gasteiger partial charge in [0.2, 0.25) is 0 Å². The third kappa shape index (κ3) is 5.04. The van der Waals surface area contributed by atoms with Gasteiger partial charge in [-0.25, -0.2) is 0 Å². The predicted molar refractivity (Wildman–Crippen MR) is 129 cm³/mol. The van der Waals surface area contributed by atoms with Crippen LogP contribution in [-0.4, -0.2) is 19.7 Å². The van der Waals surface area contributed by atoms with Crippen molar-refractivity contribution < 1.29 is 4.92 Å². The van der Waals surface area contributed by atoms with Crippen LogP contribution in [0.15, 0.2) is 53.7 Å². The summed E-state index contributed by atoms with van der Waals surface area (Å²) in [5.41, 5.74) is 3.66. The van der Waals surface area contributed by atoms with E-state index in [1.165, 1.54) is 24.8 Å². The summed E-state index contributed by atoms with van der Waals surface area (Å²) >= 11 is 1.65. The number of hydrogen-bond donors (Lipinski definition) is 0. The number of aromatic nitrogens is 3. The molecule has 32 heavy (non-hydrogen) atoms. The highest BCUT2D eigenvalue weighted by Gasteiger charge is 2.24. The highest BCUT2D eigenvalue weighted by Crippen LogP contribution is 2.37. The van der Waals surface area contributed by atoms with Crippen LogP contribution in [0.3, 0.4) is 0 Å². The Labute approximate surface area is 193 Å². The van der Waals surface area contributed by atoms with Gasteiger partial charge in [0, 0.05) is 29.5 Å². The maximum Gasteiger partial charge on any atom is 0.269 e. The van der Waals surface area contributed by atoms with Crippen molar-refractivity contribution >= 4 is 17.4 Å². The molecule has 1 heterocycles. The molecule has 0 radical (unpaired) electrons. The van der Waals surface area contributed by atoms with Gasteiger partial charge in [-0.2, -0.15) is 0 Å². The van der Waals surface area contributed by atoms with Crippen LogP contribution in [0.1, 0.15) is 70.0 Å². The van der Waals surface area contributed by atoms with E-state index in [9.17, 15) is 10.1 Å². The fourth-order valence-electron chi connectivity index (χ4n) is 4.22. The molecule has 1 saturated carbocycles. The number of non-ortho nitro benzene ring substituents is 1. The van der Waals surface area contributed by atoms with Crippen molar-refractivity contribution in [2.24, 2.45) is 0 Å². The van der Waals surface area contributed by atoms with Crippen LogP contribution in [0.5, 0.6) is 0 Å². The average Bonchev–Trinajstić information content (AvgIpc) is 3.22. The molecule has 2 aromatic carbocycles. The summed E-state index contributed by atoms with van der Waals surface area (Å²) in [4.78, 5) is 10.5. The van der Waals surface area contributed by atoms with E-state index in [4.69, 9.17) is 0 Å². The molecule has 1 fully saturated rings. The Hall–Kier alpha value is -2.67. The van der Waals surface area contributed by atoms with E-state index in [2.05, 4.69) is 59.8 Å². The molecular weight excluding hydrogens is 420 g/mol. The molecule has 0 atom stereocenters. The highest BCUT2D eigenvalue weighted by molar-refractivity contribution is 7.98. The van der Waals surface area contributed by atoms with E-state index in [-0.39, 0.29) is 16.0 Å². The van der Waals surface area contributed by atoms with E-state index in [1.54, 1.807) is 23.9 Å². The number of thioether (sulfide) groups is 1. The molecule has 4 rings (SSSR count). The molecular formula is C25H30N4O2S. The third-order valence-corrected chi connectivity index (χ3v) is 7.14. The van der Waals surface area contributed by atoms with Crippen LogP contribution in [0.2, 0.25) is 0 Å². The first-order valence-electron chi connectivity index (χ1n) is 11.2. The molecule has 7 heteroatoms. The van der Waals surface area contributed by atoms with Crippen LogP contribution in [0.4, 0.5) is 5.69 Å². The zero-order valence-electron chi connectivity index (χ0n) is 19.0. The average molecular weight is 451 g/mol. The first kappa shape index (κ1) is 22.5. The van der Waals surface area contributed by atoms with Crippen molar-refractivity contribution in [1.29, 1.82) is 0 Å².